The summed E-state index contributed by atoms with van der Waals surface area (Å²) in [6.07, 6.45) is -0.458. The van der Waals surface area contributed by atoms with Crippen molar-refractivity contribution < 1.29 is 14.8 Å². The Bertz CT molecular complexity index is 507. The lowest BCUT2D eigenvalue weighted by molar-refractivity contribution is -0.386. The molecule has 0 aliphatic carbocycles. The SMILES string of the molecule is N#Cc1ccc(CC(=O)O)c([N+](=O)[O-])c1Br. The summed E-state index contributed by atoms with van der Waals surface area (Å²) < 4.78 is 0.0127. The summed E-state index contributed by atoms with van der Waals surface area (Å²) >= 11 is 2.93. The van der Waals surface area contributed by atoms with E-state index in [0.29, 0.717) is 0 Å². The zero-order chi connectivity index (χ0) is 12.3. The summed E-state index contributed by atoms with van der Waals surface area (Å²) in [5, 5.41) is 28.0. The molecule has 6 nitrogen and oxygen atoms in total. The van der Waals surface area contributed by atoms with Crippen LogP contribution in [-0.2, 0) is 11.2 Å². The Morgan fingerprint density at radius 3 is 2.69 bits per heavy atom. The van der Waals surface area contributed by atoms with E-state index in [0.717, 1.165) is 0 Å². The van der Waals surface area contributed by atoms with Gasteiger partial charge in [0.2, 0.25) is 0 Å². The molecule has 0 aromatic heterocycles. The Hall–Kier alpha value is -1.94. The number of aliphatic carboxylic acids is 1. The molecule has 0 spiro atoms. The number of nitriles is 1. The summed E-state index contributed by atoms with van der Waals surface area (Å²) in [5.41, 5.74) is -0.217. The van der Waals surface area contributed by atoms with Crippen LogP contribution in [-0.4, -0.2) is 16.0 Å². The third kappa shape index (κ3) is 2.35. The molecule has 0 amide bonds. The fraction of sp³-hybridized carbons (Fsp3) is 0.111. The Morgan fingerprint density at radius 1 is 1.62 bits per heavy atom. The van der Waals surface area contributed by atoms with Gasteiger partial charge in [-0.3, -0.25) is 14.9 Å². The minimum absolute atomic E-state index is 0.0127. The highest BCUT2D eigenvalue weighted by molar-refractivity contribution is 9.10. The van der Waals surface area contributed by atoms with E-state index < -0.39 is 17.3 Å². The normalized spacial score (nSPS) is 9.50. The third-order valence-electron chi connectivity index (χ3n) is 1.84. The van der Waals surface area contributed by atoms with E-state index in [1.807, 2.05) is 0 Å². The van der Waals surface area contributed by atoms with Gasteiger partial charge >= 0.3 is 5.97 Å². The minimum atomic E-state index is -1.17. The van der Waals surface area contributed by atoms with Crippen LogP contribution in [0, 0.1) is 21.4 Å². The predicted octanol–water partition coefficient (Wildman–Crippen LogP) is 1.86. The van der Waals surface area contributed by atoms with Crippen LogP contribution in [0.15, 0.2) is 16.6 Å². The number of halogens is 1. The molecular weight excluding hydrogens is 280 g/mol. The van der Waals surface area contributed by atoms with Gasteiger partial charge < -0.3 is 5.11 Å². The van der Waals surface area contributed by atoms with Gasteiger partial charge in [0.15, 0.2) is 0 Å². The van der Waals surface area contributed by atoms with Crippen molar-refractivity contribution in [3.63, 3.8) is 0 Å². The van der Waals surface area contributed by atoms with Gasteiger partial charge in [0.1, 0.15) is 10.5 Å². The number of nitro groups is 1. The highest BCUT2D eigenvalue weighted by atomic mass is 79.9. The molecule has 0 bridgehead atoms. The van der Waals surface area contributed by atoms with E-state index in [1.165, 1.54) is 12.1 Å². The molecule has 16 heavy (non-hydrogen) atoms. The Labute approximate surface area is 98.4 Å². The number of carboxylic acid groups (broad SMARTS) is 1. The summed E-state index contributed by atoms with van der Waals surface area (Å²) in [5.74, 6) is -1.17. The topological polar surface area (TPSA) is 104 Å². The van der Waals surface area contributed by atoms with Gasteiger partial charge in [-0.2, -0.15) is 5.26 Å². The fourth-order valence-electron chi connectivity index (χ4n) is 1.19. The molecule has 0 saturated heterocycles. The number of carbonyl (C=O) groups is 1. The third-order valence-corrected chi connectivity index (χ3v) is 2.65. The number of hydrogen-bond donors (Lipinski definition) is 1. The number of benzene rings is 1. The van der Waals surface area contributed by atoms with Crippen LogP contribution in [0.25, 0.3) is 0 Å². The minimum Gasteiger partial charge on any atom is -0.481 e. The van der Waals surface area contributed by atoms with Crippen molar-refractivity contribution in [2.24, 2.45) is 0 Å². The van der Waals surface area contributed by atoms with Gasteiger partial charge in [0.25, 0.3) is 5.69 Å². The van der Waals surface area contributed by atoms with Gasteiger partial charge in [-0.1, -0.05) is 6.07 Å². The summed E-state index contributed by atoms with van der Waals surface area (Å²) in [6.45, 7) is 0. The zero-order valence-electron chi connectivity index (χ0n) is 7.81. The van der Waals surface area contributed by atoms with Crippen LogP contribution < -0.4 is 0 Å². The van der Waals surface area contributed by atoms with E-state index in [9.17, 15) is 14.9 Å². The maximum atomic E-state index is 10.8. The number of carboxylic acids is 1. The lowest BCUT2D eigenvalue weighted by atomic mass is 10.1. The maximum Gasteiger partial charge on any atom is 0.308 e. The molecule has 1 rings (SSSR count). The highest BCUT2D eigenvalue weighted by Gasteiger charge is 2.22. The first-order valence-corrected chi connectivity index (χ1v) is 4.84. The molecule has 0 saturated carbocycles. The maximum absolute atomic E-state index is 10.8. The second-order valence-corrected chi connectivity index (χ2v) is 3.67. The summed E-state index contributed by atoms with van der Waals surface area (Å²) in [6, 6.07) is 4.39. The second-order valence-electron chi connectivity index (χ2n) is 2.87. The predicted molar refractivity (Wildman–Crippen MR) is 56.9 cm³/mol. The monoisotopic (exact) mass is 284 g/mol. The van der Waals surface area contributed by atoms with Crippen molar-refractivity contribution in [2.45, 2.75) is 6.42 Å². The number of hydrogen-bond acceptors (Lipinski definition) is 4. The van der Waals surface area contributed by atoms with Crippen LogP contribution >= 0.6 is 15.9 Å². The van der Waals surface area contributed by atoms with Gasteiger partial charge in [0.05, 0.1) is 16.9 Å². The lowest BCUT2D eigenvalue weighted by Gasteiger charge is -2.03. The molecule has 0 fully saturated rings. The van der Waals surface area contributed by atoms with E-state index in [2.05, 4.69) is 15.9 Å². The van der Waals surface area contributed by atoms with Crippen LogP contribution in [0.5, 0.6) is 0 Å². The largest absolute Gasteiger partial charge is 0.481 e. The smallest absolute Gasteiger partial charge is 0.308 e. The van der Waals surface area contributed by atoms with E-state index in [1.54, 1.807) is 6.07 Å². The molecule has 7 heteroatoms. The molecule has 1 N–H and O–H groups in total. The van der Waals surface area contributed by atoms with Gasteiger partial charge in [-0.25, -0.2) is 0 Å². The van der Waals surface area contributed by atoms with Crippen molar-refractivity contribution in [1.82, 2.24) is 0 Å². The first kappa shape index (κ1) is 12.1. The van der Waals surface area contributed by atoms with Crippen molar-refractivity contribution in [3.05, 3.63) is 37.8 Å². The van der Waals surface area contributed by atoms with E-state index in [4.69, 9.17) is 10.4 Å². The Morgan fingerprint density at radius 2 is 2.25 bits per heavy atom. The van der Waals surface area contributed by atoms with E-state index in [-0.39, 0.29) is 21.3 Å². The standard InChI is InChI=1S/C9H5BrN2O4/c10-8-6(4-11)2-1-5(3-7(13)14)9(8)12(15)16/h1-2H,3H2,(H,13,14). The molecule has 0 aliphatic rings. The zero-order valence-corrected chi connectivity index (χ0v) is 9.39. The summed E-state index contributed by atoms with van der Waals surface area (Å²) in [4.78, 5) is 20.6. The quantitative estimate of drug-likeness (QED) is 0.674. The molecular formula is C9H5BrN2O4. The van der Waals surface area contributed by atoms with Crippen molar-refractivity contribution in [3.8, 4) is 6.07 Å². The first-order valence-electron chi connectivity index (χ1n) is 4.05. The van der Waals surface area contributed by atoms with Crippen LogP contribution in [0.1, 0.15) is 11.1 Å². The number of nitro benzene ring substituents is 1. The number of nitrogens with zero attached hydrogens (tertiary/aromatic N) is 2. The summed E-state index contributed by atoms with van der Waals surface area (Å²) in [7, 11) is 0. The van der Waals surface area contributed by atoms with Gasteiger partial charge in [0, 0.05) is 5.56 Å². The molecule has 1 aromatic carbocycles. The Kier molecular flexibility index (Phi) is 3.58. The van der Waals surface area contributed by atoms with Crippen LogP contribution in [0.3, 0.4) is 0 Å². The Balaban J connectivity index is 3.41. The lowest BCUT2D eigenvalue weighted by Crippen LogP contribution is -2.05. The van der Waals surface area contributed by atoms with Crippen molar-refractivity contribution in [1.29, 1.82) is 5.26 Å². The molecule has 0 unspecified atom stereocenters. The molecule has 0 atom stereocenters. The average Bonchev–Trinajstić information content (AvgIpc) is 2.16. The van der Waals surface area contributed by atoms with Crippen molar-refractivity contribution >= 4 is 27.6 Å². The molecule has 0 radical (unpaired) electrons. The average molecular weight is 285 g/mol. The molecule has 0 aliphatic heterocycles. The van der Waals surface area contributed by atoms with E-state index >= 15 is 0 Å². The van der Waals surface area contributed by atoms with Gasteiger partial charge in [-0.05, 0) is 22.0 Å². The van der Waals surface area contributed by atoms with Gasteiger partial charge in [-0.15, -0.1) is 0 Å². The second kappa shape index (κ2) is 4.72. The van der Waals surface area contributed by atoms with Crippen LogP contribution in [0.2, 0.25) is 0 Å². The first-order chi connectivity index (χ1) is 7.47. The molecule has 0 heterocycles. The molecule has 82 valence electrons. The van der Waals surface area contributed by atoms with Crippen molar-refractivity contribution in [2.75, 3.05) is 0 Å². The number of rotatable bonds is 3. The highest BCUT2D eigenvalue weighted by Crippen LogP contribution is 2.32. The van der Waals surface area contributed by atoms with Crippen LogP contribution in [0.4, 0.5) is 5.69 Å². The molecule has 1 aromatic rings. The fourth-order valence-corrected chi connectivity index (χ4v) is 1.81.